The van der Waals surface area contributed by atoms with Crippen LogP contribution in [0, 0.1) is 5.92 Å². The summed E-state index contributed by atoms with van der Waals surface area (Å²) in [4.78, 5) is 24.5. The summed E-state index contributed by atoms with van der Waals surface area (Å²) in [7, 11) is 4.46. The number of carbonyl (C=O) groups excluding carboxylic acids is 2. The average molecular weight is 387 g/mol. The van der Waals surface area contributed by atoms with Crippen LogP contribution in [0.2, 0.25) is 0 Å². The van der Waals surface area contributed by atoms with Gasteiger partial charge in [0, 0.05) is 11.3 Å². The van der Waals surface area contributed by atoms with Crippen LogP contribution < -0.4 is 19.5 Å². The molecule has 2 aromatic carbocycles. The highest BCUT2D eigenvalue weighted by Crippen LogP contribution is 2.38. The summed E-state index contributed by atoms with van der Waals surface area (Å²) in [6.07, 6.45) is 0. The summed E-state index contributed by atoms with van der Waals surface area (Å²) < 4.78 is 21.0. The van der Waals surface area contributed by atoms with Crippen LogP contribution in [0.1, 0.15) is 34.6 Å². The largest absolute Gasteiger partial charge is 0.493 e. The maximum Gasteiger partial charge on any atom is 0.338 e. The van der Waals surface area contributed by atoms with Crippen molar-refractivity contribution >= 4 is 17.6 Å². The van der Waals surface area contributed by atoms with Crippen LogP contribution in [-0.2, 0) is 4.74 Å². The Morgan fingerprint density at radius 3 is 1.93 bits per heavy atom. The molecule has 0 spiro atoms. The highest BCUT2D eigenvalue weighted by atomic mass is 16.5. The molecule has 0 heterocycles. The van der Waals surface area contributed by atoms with Gasteiger partial charge < -0.3 is 24.3 Å². The Morgan fingerprint density at radius 2 is 1.46 bits per heavy atom. The second-order valence-electron chi connectivity index (χ2n) is 6.44. The van der Waals surface area contributed by atoms with Gasteiger partial charge in [-0.2, -0.15) is 0 Å². The Bertz CT molecular complexity index is 804. The van der Waals surface area contributed by atoms with Crippen molar-refractivity contribution in [2.75, 3.05) is 33.3 Å². The number of hydrogen-bond donors (Lipinski definition) is 1. The normalized spacial score (nSPS) is 10.4. The van der Waals surface area contributed by atoms with Crippen molar-refractivity contribution < 1.29 is 28.5 Å². The topological polar surface area (TPSA) is 83.1 Å². The van der Waals surface area contributed by atoms with Crippen LogP contribution in [0.25, 0.3) is 0 Å². The molecule has 0 atom stereocenters. The average Bonchev–Trinajstić information content (AvgIpc) is 2.71. The number of nitrogens with one attached hydrogen (secondary N) is 1. The maximum absolute atomic E-state index is 12.6. The van der Waals surface area contributed by atoms with Gasteiger partial charge in [0.05, 0.1) is 33.5 Å². The molecule has 0 aliphatic rings. The van der Waals surface area contributed by atoms with E-state index in [1.165, 1.54) is 21.3 Å². The first-order valence-electron chi connectivity index (χ1n) is 8.78. The van der Waals surface area contributed by atoms with Crippen molar-refractivity contribution in [3.8, 4) is 17.2 Å². The molecule has 0 fully saturated rings. The van der Waals surface area contributed by atoms with Gasteiger partial charge in [0.2, 0.25) is 5.75 Å². The van der Waals surface area contributed by atoms with E-state index >= 15 is 0 Å². The molecule has 28 heavy (non-hydrogen) atoms. The number of esters is 1. The van der Waals surface area contributed by atoms with Gasteiger partial charge in [-0.1, -0.05) is 13.8 Å². The third-order valence-corrected chi connectivity index (χ3v) is 3.85. The van der Waals surface area contributed by atoms with Crippen LogP contribution in [-0.4, -0.2) is 39.8 Å². The number of amides is 1. The van der Waals surface area contributed by atoms with E-state index in [-0.39, 0.29) is 11.8 Å². The van der Waals surface area contributed by atoms with Crippen molar-refractivity contribution in [1.29, 1.82) is 0 Å². The van der Waals surface area contributed by atoms with Crippen LogP contribution >= 0.6 is 0 Å². The van der Waals surface area contributed by atoms with Gasteiger partial charge in [0.25, 0.3) is 5.91 Å². The first-order valence-corrected chi connectivity index (χ1v) is 8.78. The third-order valence-electron chi connectivity index (χ3n) is 3.85. The summed E-state index contributed by atoms with van der Waals surface area (Å²) in [5.74, 6) is 0.697. The van der Waals surface area contributed by atoms with Crippen molar-refractivity contribution in [1.82, 2.24) is 0 Å². The monoisotopic (exact) mass is 387 g/mol. The van der Waals surface area contributed by atoms with E-state index in [0.717, 1.165) is 0 Å². The molecular weight excluding hydrogens is 362 g/mol. The van der Waals surface area contributed by atoms with Crippen LogP contribution in [0.4, 0.5) is 5.69 Å². The van der Waals surface area contributed by atoms with Gasteiger partial charge in [-0.3, -0.25) is 4.79 Å². The lowest BCUT2D eigenvalue weighted by molar-refractivity contribution is 0.0459. The zero-order valence-corrected chi connectivity index (χ0v) is 16.7. The van der Waals surface area contributed by atoms with Gasteiger partial charge >= 0.3 is 5.97 Å². The zero-order valence-electron chi connectivity index (χ0n) is 16.7. The van der Waals surface area contributed by atoms with E-state index in [2.05, 4.69) is 5.32 Å². The second-order valence-corrected chi connectivity index (χ2v) is 6.44. The highest BCUT2D eigenvalue weighted by molar-refractivity contribution is 6.05. The predicted octanol–water partition coefficient (Wildman–Crippen LogP) is 3.78. The van der Waals surface area contributed by atoms with Crippen molar-refractivity contribution in [3.05, 3.63) is 47.5 Å². The lowest BCUT2D eigenvalue weighted by atomic mass is 10.1. The van der Waals surface area contributed by atoms with E-state index in [1.807, 2.05) is 13.8 Å². The number of rotatable bonds is 8. The summed E-state index contributed by atoms with van der Waals surface area (Å²) in [5, 5.41) is 2.77. The minimum atomic E-state index is -0.392. The number of ether oxygens (including phenoxy) is 4. The summed E-state index contributed by atoms with van der Waals surface area (Å²) in [6.45, 7) is 4.29. The fraction of sp³-hybridized carbons (Fsp3) is 0.333. The molecule has 1 amide bonds. The minimum Gasteiger partial charge on any atom is -0.493 e. The lowest BCUT2D eigenvalue weighted by Crippen LogP contribution is -2.13. The number of hydrogen-bond acceptors (Lipinski definition) is 6. The van der Waals surface area contributed by atoms with E-state index < -0.39 is 5.97 Å². The number of methoxy groups -OCH3 is 3. The Hall–Kier alpha value is -3.22. The van der Waals surface area contributed by atoms with Gasteiger partial charge in [-0.25, -0.2) is 4.79 Å². The molecule has 0 saturated heterocycles. The number of anilines is 1. The molecule has 0 aromatic heterocycles. The fourth-order valence-corrected chi connectivity index (χ4v) is 2.43. The summed E-state index contributed by atoms with van der Waals surface area (Å²) in [6, 6.07) is 9.62. The predicted molar refractivity (Wildman–Crippen MR) is 106 cm³/mol. The van der Waals surface area contributed by atoms with E-state index in [9.17, 15) is 9.59 Å². The molecule has 0 aliphatic heterocycles. The molecule has 0 aliphatic carbocycles. The smallest absolute Gasteiger partial charge is 0.338 e. The molecule has 0 bridgehead atoms. The maximum atomic E-state index is 12.6. The SMILES string of the molecule is COc1cc(C(=O)Nc2ccc(C(=O)OCC(C)C)cc2)cc(OC)c1OC. The Balaban J connectivity index is 2.13. The van der Waals surface area contributed by atoms with Crippen LogP contribution in [0.15, 0.2) is 36.4 Å². The molecule has 1 N–H and O–H groups in total. The molecule has 7 heteroatoms. The van der Waals surface area contributed by atoms with E-state index in [1.54, 1.807) is 36.4 Å². The molecule has 0 radical (unpaired) electrons. The third kappa shape index (κ3) is 5.16. The Labute approximate surface area is 164 Å². The van der Waals surface area contributed by atoms with Gasteiger partial charge in [0.15, 0.2) is 11.5 Å². The molecule has 2 rings (SSSR count). The summed E-state index contributed by atoms with van der Waals surface area (Å²) >= 11 is 0. The fourth-order valence-electron chi connectivity index (χ4n) is 2.43. The molecule has 7 nitrogen and oxygen atoms in total. The van der Waals surface area contributed by atoms with Crippen LogP contribution in [0.3, 0.4) is 0 Å². The standard InChI is InChI=1S/C21H25NO6/c1-13(2)12-28-21(24)14-6-8-16(9-7-14)22-20(23)15-10-17(25-3)19(27-5)18(11-15)26-4/h6-11,13H,12H2,1-5H3,(H,22,23). The number of benzene rings is 2. The molecular formula is C21H25NO6. The zero-order chi connectivity index (χ0) is 20.7. The Morgan fingerprint density at radius 1 is 0.893 bits per heavy atom. The Kier molecular flexibility index (Phi) is 7.26. The highest BCUT2D eigenvalue weighted by Gasteiger charge is 2.17. The number of carbonyl (C=O) groups is 2. The first kappa shape index (κ1) is 21.1. The quantitative estimate of drug-likeness (QED) is 0.694. The van der Waals surface area contributed by atoms with Crippen LogP contribution in [0.5, 0.6) is 17.2 Å². The van der Waals surface area contributed by atoms with Crippen molar-refractivity contribution in [2.24, 2.45) is 5.92 Å². The van der Waals surface area contributed by atoms with E-state index in [0.29, 0.717) is 40.7 Å². The minimum absolute atomic E-state index is 0.265. The first-order chi connectivity index (χ1) is 13.4. The van der Waals surface area contributed by atoms with Crippen molar-refractivity contribution in [2.45, 2.75) is 13.8 Å². The molecule has 0 unspecified atom stereocenters. The molecule has 0 saturated carbocycles. The van der Waals surface area contributed by atoms with Gasteiger partial charge in [-0.05, 0) is 42.3 Å². The van der Waals surface area contributed by atoms with Gasteiger partial charge in [-0.15, -0.1) is 0 Å². The molecule has 2 aromatic rings. The van der Waals surface area contributed by atoms with Crippen molar-refractivity contribution in [3.63, 3.8) is 0 Å². The molecule has 150 valence electrons. The van der Waals surface area contributed by atoms with Gasteiger partial charge in [0.1, 0.15) is 0 Å². The second kappa shape index (κ2) is 9.64. The lowest BCUT2D eigenvalue weighted by Gasteiger charge is -2.14. The summed E-state index contributed by atoms with van der Waals surface area (Å²) in [5.41, 5.74) is 1.31. The van der Waals surface area contributed by atoms with E-state index in [4.69, 9.17) is 18.9 Å².